The SMILES string of the molecule is O=c1c([N+](=O)[O-])c(Cl)ccn1Cc1ccccc1Cl. The van der Waals surface area contributed by atoms with E-state index in [1.807, 2.05) is 0 Å². The zero-order valence-electron chi connectivity index (χ0n) is 9.55. The Morgan fingerprint density at radius 1 is 1.16 bits per heavy atom. The third-order valence-corrected chi connectivity index (χ3v) is 3.25. The first-order valence-electron chi connectivity index (χ1n) is 5.27. The molecular weight excluding hydrogens is 291 g/mol. The van der Waals surface area contributed by atoms with E-state index >= 15 is 0 Å². The van der Waals surface area contributed by atoms with Crippen LogP contribution in [0.2, 0.25) is 10.0 Å². The lowest BCUT2D eigenvalue weighted by atomic mass is 10.2. The summed E-state index contributed by atoms with van der Waals surface area (Å²) < 4.78 is 1.20. The van der Waals surface area contributed by atoms with Crippen molar-refractivity contribution in [3.63, 3.8) is 0 Å². The lowest BCUT2D eigenvalue weighted by Crippen LogP contribution is -2.22. The van der Waals surface area contributed by atoms with Crippen LogP contribution in [0.25, 0.3) is 0 Å². The second kappa shape index (κ2) is 5.42. The molecule has 5 nitrogen and oxygen atoms in total. The van der Waals surface area contributed by atoms with Crippen molar-refractivity contribution >= 4 is 28.9 Å². The molecule has 1 heterocycles. The monoisotopic (exact) mass is 298 g/mol. The Labute approximate surface area is 118 Å². The highest BCUT2D eigenvalue weighted by molar-refractivity contribution is 6.32. The summed E-state index contributed by atoms with van der Waals surface area (Å²) in [5, 5.41) is 11.1. The Bertz CT molecular complexity index is 698. The summed E-state index contributed by atoms with van der Waals surface area (Å²) >= 11 is 11.6. The van der Waals surface area contributed by atoms with Gasteiger partial charge in [0.15, 0.2) is 0 Å². The van der Waals surface area contributed by atoms with Gasteiger partial charge in [0.1, 0.15) is 5.02 Å². The smallest absolute Gasteiger partial charge is 0.305 e. The fourth-order valence-corrected chi connectivity index (χ4v) is 2.04. The van der Waals surface area contributed by atoms with Gasteiger partial charge >= 0.3 is 11.2 Å². The number of hydrogen-bond donors (Lipinski definition) is 0. The van der Waals surface area contributed by atoms with E-state index < -0.39 is 16.2 Å². The van der Waals surface area contributed by atoms with Crippen molar-refractivity contribution in [1.82, 2.24) is 4.57 Å². The molecule has 0 bridgehead atoms. The second-order valence-corrected chi connectivity index (χ2v) is 4.61. The van der Waals surface area contributed by atoms with Gasteiger partial charge in [-0.3, -0.25) is 14.9 Å². The number of nitro groups is 1. The van der Waals surface area contributed by atoms with Crippen LogP contribution in [0.4, 0.5) is 5.69 Å². The zero-order valence-corrected chi connectivity index (χ0v) is 11.1. The van der Waals surface area contributed by atoms with Gasteiger partial charge in [0.25, 0.3) is 0 Å². The molecule has 0 N–H and O–H groups in total. The minimum atomic E-state index is -0.784. The van der Waals surface area contributed by atoms with Gasteiger partial charge in [-0.25, -0.2) is 0 Å². The molecule has 0 fully saturated rings. The van der Waals surface area contributed by atoms with E-state index in [-0.39, 0.29) is 11.6 Å². The Kier molecular flexibility index (Phi) is 3.87. The molecule has 1 aromatic carbocycles. The highest BCUT2D eigenvalue weighted by Crippen LogP contribution is 2.20. The van der Waals surface area contributed by atoms with E-state index in [2.05, 4.69) is 0 Å². The van der Waals surface area contributed by atoms with Crippen molar-refractivity contribution in [3.05, 3.63) is 72.6 Å². The standard InChI is InChI=1S/C12H8Cl2N2O3/c13-9-4-2-1-3-8(9)7-15-6-5-10(14)11(12(15)17)16(18)19/h1-6H,7H2. The van der Waals surface area contributed by atoms with E-state index in [9.17, 15) is 14.9 Å². The summed E-state index contributed by atoms with van der Waals surface area (Å²) in [6, 6.07) is 8.29. The quantitative estimate of drug-likeness (QED) is 0.646. The molecule has 0 saturated carbocycles. The average molecular weight is 299 g/mol. The normalized spacial score (nSPS) is 10.4. The van der Waals surface area contributed by atoms with Gasteiger partial charge in [-0.15, -0.1) is 0 Å². The van der Waals surface area contributed by atoms with Crippen LogP contribution in [0.1, 0.15) is 5.56 Å². The Morgan fingerprint density at radius 3 is 2.47 bits per heavy atom. The second-order valence-electron chi connectivity index (χ2n) is 3.79. The molecule has 2 rings (SSSR count). The zero-order chi connectivity index (χ0) is 14.0. The van der Waals surface area contributed by atoms with Crippen molar-refractivity contribution in [3.8, 4) is 0 Å². The largest absolute Gasteiger partial charge is 0.352 e. The van der Waals surface area contributed by atoms with Crippen LogP contribution >= 0.6 is 23.2 Å². The van der Waals surface area contributed by atoms with E-state index in [4.69, 9.17) is 23.2 Å². The molecule has 0 spiro atoms. The van der Waals surface area contributed by atoms with Crippen molar-refractivity contribution in [1.29, 1.82) is 0 Å². The molecule has 0 atom stereocenters. The highest BCUT2D eigenvalue weighted by atomic mass is 35.5. The third-order valence-electron chi connectivity index (χ3n) is 2.57. The Morgan fingerprint density at radius 2 is 1.84 bits per heavy atom. The van der Waals surface area contributed by atoms with Gasteiger partial charge < -0.3 is 4.57 Å². The fraction of sp³-hybridized carbons (Fsp3) is 0.0833. The number of pyridine rings is 1. The van der Waals surface area contributed by atoms with Gasteiger partial charge in [0, 0.05) is 11.2 Å². The minimum Gasteiger partial charge on any atom is -0.305 e. The number of aromatic nitrogens is 1. The summed E-state index contributed by atoms with van der Waals surface area (Å²) in [7, 11) is 0. The van der Waals surface area contributed by atoms with E-state index in [0.29, 0.717) is 10.6 Å². The lowest BCUT2D eigenvalue weighted by Gasteiger charge is -2.07. The molecule has 0 aliphatic heterocycles. The topological polar surface area (TPSA) is 65.1 Å². The predicted molar refractivity (Wildman–Crippen MR) is 72.9 cm³/mol. The summed E-state index contributed by atoms with van der Waals surface area (Å²) in [5.41, 5.74) is -0.684. The first kappa shape index (κ1) is 13.6. The number of benzene rings is 1. The van der Waals surface area contributed by atoms with Crippen LogP contribution in [0.5, 0.6) is 0 Å². The Hall–Kier alpha value is -1.85. The van der Waals surface area contributed by atoms with E-state index in [1.165, 1.54) is 16.8 Å². The van der Waals surface area contributed by atoms with Crippen LogP contribution in [0.3, 0.4) is 0 Å². The lowest BCUT2D eigenvalue weighted by molar-refractivity contribution is -0.386. The molecule has 98 valence electrons. The number of hydrogen-bond acceptors (Lipinski definition) is 3. The summed E-state index contributed by atoms with van der Waals surface area (Å²) in [6.45, 7) is 0.149. The fourth-order valence-electron chi connectivity index (χ4n) is 1.64. The van der Waals surface area contributed by atoms with Crippen LogP contribution in [0, 0.1) is 10.1 Å². The van der Waals surface area contributed by atoms with Crippen molar-refractivity contribution in [2.75, 3.05) is 0 Å². The molecule has 0 radical (unpaired) electrons. The van der Waals surface area contributed by atoms with E-state index in [1.54, 1.807) is 24.3 Å². The molecule has 0 unspecified atom stereocenters. The van der Waals surface area contributed by atoms with Crippen LogP contribution in [-0.4, -0.2) is 9.49 Å². The van der Waals surface area contributed by atoms with Gasteiger partial charge in [-0.05, 0) is 17.7 Å². The van der Waals surface area contributed by atoms with Crippen molar-refractivity contribution in [2.45, 2.75) is 6.54 Å². The van der Waals surface area contributed by atoms with Gasteiger partial charge in [-0.1, -0.05) is 41.4 Å². The third kappa shape index (κ3) is 2.77. The highest BCUT2D eigenvalue weighted by Gasteiger charge is 2.20. The van der Waals surface area contributed by atoms with Crippen LogP contribution < -0.4 is 5.56 Å². The summed E-state index contributed by atoms with van der Waals surface area (Å²) in [6.07, 6.45) is 1.40. The average Bonchev–Trinajstić information content (AvgIpc) is 2.35. The molecule has 1 aromatic heterocycles. The van der Waals surface area contributed by atoms with Crippen LogP contribution in [-0.2, 0) is 6.54 Å². The maximum absolute atomic E-state index is 11.9. The summed E-state index contributed by atoms with van der Waals surface area (Å²) in [5.74, 6) is 0. The summed E-state index contributed by atoms with van der Waals surface area (Å²) in [4.78, 5) is 22.0. The first-order chi connectivity index (χ1) is 9.00. The maximum Gasteiger partial charge on any atom is 0.352 e. The van der Waals surface area contributed by atoms with Crippen LogP contribution in [0.15, 0.2) is 41.3 Å². The van der Waals surface area contributed by atoms with Gasteiger partial charge in [0.2, 0.25) is 0 Å². The molecule has 19 heavy (non-hydrogen) atoms. The molecule has 0 saturated heterocycles. The van der Waals surface area contributed by atoms with E-state index in [0.717, 1.165) is 0 Å². The molecule has 0 aliphatic rings. The molecule has 2 aromatic rings. The predicted octanol–water partition coefficient (Wildman–Crippen LogP) is 3.11. The molecule has 0 amide bonds. The Balaban J connectivity index is 2.48. The van der Waals surface area contributed by atoms with Gasteiger partial charge in [-0.2, -0.15) is 0 Å². The first-order valence-corrected chi connectivity index (χ1v) is 6.03. The number of nitrogens with zero attached hydrogens (tertiary/aromatic N) is 2. The minimum absolute atomic E-state index is 0.149. The van der Waals surface area contributed by atoms with Crippen molar-refractivity contribution in [2.24, 2.45) is 0 Å². The molecule has 7 heteroatoms. The molecular formula is C12H8Cl2N2O3. The number of halogens is 2. The molecule has 0 aliphatic carbocycles. The number of rotatable bonds is 3. The maximum atomic E-state index is 11.9. The van der Waals surface area contributed by atoms with Crippen molar-refractivity contribution < 1.29 is 4.92 Å². The van der Waals surface area contributed by atoms with Gasteiger partial charge in [0.05, 0.1) is 11.5 Å².